The molecular weight excluding hydrogens is 276 g/mol. The molecular formula is C23H28. The molecule has 1 fully saturated rings. The van der Waals surface area contributed by atoms with Gasteiger partial charge < -0.3 is 0 Å². The summed E-state index contributed by atoms with van der Waals surface area (Å²) in [6, 6.07) is 10.6. The minimum atomic E-state index is -0.0462. The van der Waals surface area contributed by atoms with Crippen molar-refractivity contribution in [3.8, 4) is 12.3 Å². The van der Waals surface area contributed by atoms with Crippen LogP contribution in [0.5, 0.6) is 0 Å². The van der Waals surface area contributed by atoms with Crippen LogP contribution in [-0.2, 0) is 0 Å². The molecule has 0 N–H and O–H groups in total. The van der Waals surface area contributed by atoms with Gasteiger partial charge in [-0.1, -0.05) is 87.1 Å². The van der Waals surface area contributed by atoms with Crippen LogP contribution in [0.1, 0.15) is 57.4 Å². The van der Waals surface area contributed by atoms with Gasteiger partial charge >= 0.3 is 0 Å². The van der Waals surface area contributed by atoms with Gasteiger partial charge in [-0.2, -0.15) is 0 Å². The van der Waals surface area contributed by atoms with Crippen LogP contribution < -0.4 is 0 Å². The first-order valence-electron chi connectivity index (χ1n) is 9.20. The molecule has 0 amide bonds. The van der Waals surface area contributed by atoms with Crippen LogP contribution in [0.4, 0.5) is 0 Å². The van der Waals surface area contributed by atoms with Crippen LogP contribution in [0.15, 0.2) is 48.6 Å². The van der Waals surface area contributed by atoms with Crippen LogP contribution in [0.3, 0.4) is 0 Å². The lowest BCUT2D eigenvalue weighted by atomic mass is 9.63. The van der Waals surface area contributed by atoms with Crippen molar-refractivity contribution in [1.29, 1.82) is 0 Å². The van der Waals surface area contributed by atoms with E-state index in [0.717, 1.165) is 12.3 Å². The standard InChI is InChI=1S/C23H28/c1-3-8-19-11-13-22(14-12-19)23(4-2)17-15-21(16-18-23)20-9-6-5-7-10-20/h2,5-7,9-10,15-17,19,22H,3,8,11-14,18H2,1H3. The Kier molecular flexibility index (Phi) is 5.06. The van der Waals surface area contributed by atoms with E-state index in [9.17, 15) is 0 Å². The topological polar surface area (TPSA) is 0 Å². The number of benzene rings is 1. The Hall–Kier alpha value is -1.74. The van der Waals surface area contributed by atoms with Gasteiger partial charge in [0.1, 0.15) is 0 Å². The summed E-state index contributed by atoms with van der Waals surface area (Å²) in [4.78, 5) is 0. The largest absolute Gasteiger partial charge is 0.119 e. The number of hydrogen-bond donors (Lipinski definition) is 0. The van der Waals surface area contributed by atoms with Crippen molar-refractivity contribution >= 4 is 5.57 Å². The van der Waals surface area contributed by atoms with Crippen molar-refractivity contribution in [2.75, 3.05) is 0 Å². The van der Waals surface area contributed by atoms with Crippen LogP contribution in [-0.4, -0.2) is 0 Å². The van der Waals surface area contributed by atoms with Gasteiger partial charge in [-0.25, -0.2) is 0 Å². The fourth-order valence-electron chi connectivity index (χ4n) is 4.40. The average Bonchev–Trinajstić information content (AvgIpc) is 2.63. The summed E-state index contributed by atoms with van der Waals surface area (Å²) >= 11 is 0. The Morgan fingerprint density at radius 1 is 1.13 bits per heavy atom. The molecule has 1 aromatic carbocycles. The van der Waals surface area contributed by atoms with Crippen LogP contribution >= 0.6 is 0 Å². The lowest BCUT2D eigenvalue weighted by Gasteiger charge is -2.40. The van der Waals surface area contributed by atoms with Gasteiger partial charge in [0.2, 0.25) is 0 Å². The molecule has 0 heteroatoms. The summed E-state index contributed by atoms with van der Waals surface area (Å²) in [5, 5.41) is 0. The maximum atomic E-state index is 6.02. The fourth-order valence-corrected chi connectivity index (χ4v) is 4.40. The van der Waals surface area contributed by atoms with E-state index in [1.165, 1.54) is 49.7 Å². The van der Waals surface area contributed by atoms with Gasteiger partial charge in [0.05, 0.1) is 5.41 Å². The Bertz CT molecular complexity index is 605. The lowest BCUT2D eigenvalue weighted by Crippen LogP contribution is -2.31. The summed E-state index contributed by atoms with van der Waals surface area (Å²) in [6.45, 7) is 2.30. The molecule has 2 aliphatic carbocycles. The molecule has 0 heterocycles. The molecule has 0 bridgehead atoms. The molecule has 0 saturated heterocycles. The predicted molar refractivity (Wildman–Crippen MR) is 99.8 cm³/mol. The summed E-state index contributed by atoms with van der Waals surface area (Å²) in [5.41, 5.74) is 2.56. The van der Waals surface area contributed by atoms with Crippen molar-refractivity contribution in [2.45, 2.75) is 51.9 Å². The van der Waals surface area contributed by atoms with Gasteiger partial charge in [-0.3, -0.25) is 0 Å². The Morgan fingerprint density at radius 3 is 2.43 bits per heavy atom. The molecule has 0 aliphatic heterocycles. The van der Waals surface area contributed by atoms with Crippen LogP contribution in [0.2, 0.25) is 0 Å². The van der Waals surface area contributed by atoms with E-state index in [4.69, 9.17) is 6.42 Å². The van der Waals surface area contributed by atoms with E-state index in [1.54, 1.807) is 0 Å². The quantitative estimate of drug-likeness (QED) is 0.576. The first-order valence-corrected chi connectivity index (χ1v) is 9.20. The smallest absolute Gasteiger partial charge is 0.0557 e. The van der Waals surface area contributed by atoms with E-state index < -0.39 is 0 Å². The van der Waals surface area contributed by atoms with Crippen molar-refractivity contribution in [3.63, 3.8) is 0 Å². The molecule has 1 unspecified atom stereocenters. The van der Waals surface area contributed by atoms with Crippen LogP contribution in [0, 0.1) is 29.6 Å². The monoisotopic (exact) mass is 304 g/mol. The number of hydrogen-bond acceptors (Lipinski definition) is 0. The van der Waals surface area contributed by atoms with E-state index in [2.05, 4.69) is 61.4 Å². The summed E-state index contributed by atoms with van der Waals surface area (Å²) < 4.78 is 0. The van der Waals surface area contributed by atoms with Gasteiger partial charge in [0.25, 0.3) is 0 Å². The maximum Gasteiger partial charge on any atom is 0.0557 e. The van der Waals surface area contributed by atoms with Crippen molar-refractivity contribution < 1.29 is 0 Å². The molecule has 0 radical (unpaired) electrons. The van der Waals surface area contributed by atoms with Gasteiger partial charge in [0.15, 0.2) is 0 Å². The highest BCUT2D eigenvalue weighted by Crippen LogP contribution is 2.46. The SMILES string of the molecule is C#CC1(C2CCC(CCC)CC2)C=CC(c2ccccc2)=CC1. The van der Waals surface area contributed by atoms with E-state index in [1.807, 2.05) is 0 Å². The van der Waals surface area contributed by atoms with Crippen LogP contribution in [0.25, 0.3) is 5.57 Å². The molecule has 0 aromatic heterocycles. The molecule has 1 saturated carbocycles. The Morgan fingerprint density at radius 2 is 1.87 bits per heavy atom. The molecule has 1 aromatic rings. The second-order valence-corrected chi connectivity index (χ2v) is 7.25. The normalized spacial score (nSPS) is 30.5. The third kappa shape index (κ3) is 3.45. The highest BCUT2D eigenvalue weighted by molar-refractivity contribution is 5.75. The van der Waals surface area contributed by atoms with Gasteiger partial charge in [0, 0.05) is 0 Å². The first-order chi connectivity index (χ1) is 11.3. The summed E-state index contributed by atoms with van der Waals surface area (Å²) in [6.07, 6.45) is 22.0. The van der Waals surface area contributed by atoms with Gasteiger partial charge in [-0.15, -0.1) is 6.42 Å². The van der Waals surface area contributed by atoms with Gasteiger partial charge in [-0.05, 0) is 42.2 Å². The Balaban J connectivity index is 1.69. The average molecular weight is 304 g/mol. The first kappa shape index (κ1) is 16.1. The van der Waals surface area contributed by atoms with E-state index >= 15 is 0 Å². The molecule has 0 nitrogen and oxygen atoms in total. The minimum Gasteiger partial charge on any atom is -0.119 e. The third-order valence-corrected chi connectivity index (χ3v) is 5.87. The second-order valence-electron chi connectivity index (χ2n) is 7.25. The summed E-state index contributed by atoms with van der Waals surface area (Å²) in [5.74, 6) is 4.77. The van der Waals surface area contributed by atoms with Crippen molar-refractivity contribution in [2.24, 2.45) is 17.3 Å². The third-order valence-electron chi connectivity index (χ3n) is 5.87. The summed E-state index contributed by atoms with van der Waals surface area (Å²) in [7, 11) is 0. The zero-order valence-electron chi connectivity index (χ0n) is 14.3. The molecule has 3 rings (SSSR count). The number of allylic oxidation sites excluding steroid dienone is 4. The minimum absolute atomic E-state index is 0.0462. The van der Waals surface area contributed by atoms with Crippen molar-refractivity contribution in [1.82, 2.24) is 0 Å². The Labute approximate surface area is 141 Å². The van der Waals surface area contributed by atoms with Crippen molar-refractivity contribution in [3.05, 3.63) is 54.1 Å². The number of rotatable bonds is 4. The zero-order valence-corrected chi connectivity index (χ0v) is 14.3. The zero-order chi connectivity index (χ0) is 16.1. The fraction of sp³-hybridized carbons (Fsp3) is 0.478. The molecule has 120 valence electrons. The molecule has 23 heavy (non-hydrogen) atoms. The molecule has 0 spiro atoms. The second kappa shape index (κ2) is 7.22. The molecule has 1 atom stereocenters. The number of terminal acetylenes is 1. The molecule has 2 aliphatic rings. The highest BCUT2D eigenvalue weighted by Gasteiger charge is 2.37. The predicted octanol–water partition coefficient (Wildman–Crippen LogP) is 6.26. The van der Waals surface area contributed by atoms with E-state index in [-0.39, 0.29) is 5.41 Å². The lowest BCUT2D eigenvalue weighted by molar-refractivity contribution is 0.183. The van der Waals surface area contributed by atoms with E-state index in [0.29, 0.717) is 5.92 Å². The maximum absolute atomic E-state index is 6.02. The highest BCUT2D eigenvalue weighted by atomic mass is 14.4.